The largest absolute Gasteiger partial charge is 0.379 e. The van der Waals surface area contributed by atoms with E-state index in [9.17, 15) is 0 Å². The van der Waals surface area contributed by atoms with Gasteiger partial charge in [0.05, 0.1) is 17.4 Å². The second-order valence-electron chi connectivity index (χ2n) is 4.45. The second-order valence-corrected chi connectivity index (χ2v) is 4.45. The molecule has 0 unspecified atom stereocenters. The van der Waals surface area contributed by atoms with Crippen LogP contribution < -0.4 is 10.6 Å². The Bertz CT molecular complexity index is 572. The van der Waals surface area contributed by atoms with E-state index in [1.54, 1.807) is 6.20 Å². The van der Waals surface area contributed by atoms with Gasteiger partial charge >= 0.3 is 0 Å². The van der Waals surface area contributed by atoms with Crippen molar-refractivity contribution >= 4 is 16.6 Å². The highest BCUT2D eigenvalue weighted by Crippen LogP contribution is 2.20. The summed E-state index contributed by atoms with van der Waals surface area (Å²) in [6.07, 6.45) is 5.17. The second kappa shape index (κ2) is 5.14. The van der Waals surface area contributed by atoms with Crippen molar-refractivity contribution in [1.29, 1.82) is 0 Å². The van der Waals surface area contributed by atoms with Crippen LogP contribution in [0.15, 0.2) is 42.1 Å². The fraction of sp³-hybridized carbons (Fsp3) is 0.286. The number of benzene rings is 1. The third-order valence-electron chi connectivity index (χ3n) is 3.21. The number of nitrogens with one attached hydrogen (secondary N) is 2. The summed E-state index contributed by atoms with van der Waals surface area (Å²) in [6, 6.07) is 8.07. The molecule has 0 saturated heterocycles. The van der Waals surface area contributed by atoms with Crippen LogP contribution in [0.4, 0.5) is 5.69 Å². The quantitative estimate of drug-likeness (QED) is 0.805. The van der Waals surface area contributed by atoms with Gasteiger partial charge in [0, 0.05) is 18.5 Å². The van der Waals surface area contributed by atoms with Crippen LogP contribution in [-0.4, -0.2) is 29.8 Å². The first-order valence-corrected chi connectivity index (χ1v) is 6.26. The monoisotopic (exact) mass is 240 g/mol. The number of aromatic nitrogens is 2. The van der Waals surface area contributed by atoms with Crippen molar-refractivity contribution in [1.82, 2.24) is 15.5 Å². The van der Waals surface area contributed by atoms with Crippen molar-refractivity contribution < 1.29 is 0 Å². The molecule has 2 N–H and O–H groups in total. The van der Waals surface area contributed by atoms with Crippen LogP contribution in [0.2, 0.25) is 0 Å². The summed E-state index contributed by atoms with van der Waals surface area (Å²) in [4.78, 5) is 0. The van der Waals surface area contributed by atoms with E-state index in [4.69, 9.17) is 0 Å². The maximum Gasteiger partial charge on any atom is 0.0950 e. The molecular weight excluding hydrogens is 224 g/mol. The van der Waals surface area contributed by atoms with Gasteiger partial charge < -0.3 is 10.6 Å². The number of fused-ring (bicyclic) bond motifs is 1. The van der Waals surface area contributed by atoms with Gasteiger partial charge in [-0.2, -0.15) is 10.2 Å². The van der Waals surface area contributed by atoms with Crippen molar-refractivity contribution in [3.63, 3.8) is 0 Å². The molecule has 4 nitrogen and oxygen atoms in total. The normalized spacial score (nSPS) is 15.4. The Kier molecular flexibility index (Phi) is 3.19. The van der Waals surface area contributed by atoms with Gasteiger partial charge in [0.2, 0.25) is 0 Å². The van der Waals surface area contributed by atoms with Crippen LogP contribution in [0.5, 0.6) is 0 Å². The average molecular weight is 240 g/mol. The molecule has 1 aliphatic rings. The lowest BCUT2D eigenvalue weighted by Crippen LogP contribution is -2.23. The number of anilines is 1. The molecule has 2 aromatic rings. The molecular formula is C14H16N4. The van der Waals surface area contributed by atoms with Gasteiger partial charge in [0.25, 0.3) is 0 Å². The Morgan fingerprint density at radius 3 is 3.11 bits per heavy atom. The Balaban J connectivity index is 1.80. The van der Waals surface area contributed by atoms with Crippen molar-refractivity contribution in [2.24, 2.45) is 0 Å². The summed E-state index contributed by atoms with van der Waals surface area (Å²) in [5.41, 5.74) is 3.44. The molecule has 1 aromatic heterocycles. The predicted molar refractivity (Wildman–Crippen MR) is 73.6 cm³/mol. The number of nitrogens with zero attached hydrogens (tertiary/aromatic N) is 2. The van der Waals surface area contributed by atoms with Gasteiger partial charge in [-0.3, -0.25) is 0 Å². The fourth-order valence-corrected chi connectivity index (χ4v) is 2.19. The maximum atomic E-state index is 4.12. The zero-order valence-electron chi connectivity index (χ0n) is 10.2. The van der Waals surface area contributed by atoms with Gasteiger partial charge in [0.1, 0.15) is 0 Å². The highest BCUT2D eigenvalue weighted by atomic mass is 15.1. The molecule has 0 spiro atoms. The standard InChI is InChI=1S/C14H16N4/c1-2-4-13-12(3-1)14(10-17-18-13)16-9-11-5-7-15-8-6-11/h1-5,10,15H,6-9H2,(H,16,18). The van der Waals surface area contributed by atoms with Crippen molar-refractivity contribution in [3.8, 4) is 0 Å². The molecule has 18 heavy (non-hydrogen) atoms. The summed E-state index contributed by atoms with van der Waals surface area (Å²) in [5, 5.41) is 16.1. The fourth-order valence-electron chi connectivity index (χ4n) is 2.19. The highest BCUT2D eigenvalue weighted by Gasteiger charge is 2.05. The van der Waals surface area contributed by atoms with E-state index < -0.39 is 0 Å². The van der Waals surface area contributed by atoms with Crippen LogP contribution in [-0.2, 0) is 0 Å². The molecule has 2 heterocycles. The van der Waals surface area contributed by atoms with Crippen molar-refractivity contribution in [2.75, 3.05) is 25.0 Å². The van der Waals surface area contributed by atoms with Crippen LogP contribution in [0.25, 0.3) is 10.9 Å². The SMILES string of the molecule is C1=C(CNc2cnnc3ccccc23)CCNC1. The van der Waals surface area contributed by atoms with E-state index in [2.05, 4.69) is 33.0 Å². The van der Waals surface area contributed by atoms with Crippen LogP contribution in [0.3, 0.4) is 0 Å². The minimum Gasteiger partial charge on any atom is -0.379 e. The van der Waals surface area contributed by atoms with E-state index in [1.165, 1.54) is 5.57 Å². The van der Waals surface area contributed by atoms with E-state index in [1.807, 2.05) is 18.2 Å². The summed E-state index contributed by atoms with van der Waals surface area (Å²) < 4.78 is 0. The molecule has 92 valence electrons. The lowest BCUT2D eigenvalue weighted by molar-refractivity contribution is 0.698. The summed E-state index contributed by atoms with van der Waals surface area (Å²) in [6.45, 7) is 2.94. The van der Waals surface area contributed by atoms with Gasteiger partial charge in [-0.15, -0.1) is 0 Å². The topological polar surface area (TPSA) is 49.8 Å². The lowest BCUT2D eigenvalue weighted by Gasteiger charge is -2.15. The molecule has 0 amide bonds. The van der Waals surface area contributed by atoms with Crippen molar-refractivity contribution in [3.05, 3.63) is 42.1 Å². The molecule has 1 aromatic carbocycles. The molecule has 1 aliphatic heterocycles. The van der Waals surface area contributed by atoms with Crippen LogP contribution in [0, 0.1) is 0 Å². The molecule has 0 atom stereocenters. The first-order valence-electron chi connectivity index (χ1n) is 6.26. The van der Waals surface area contributed by atoms with Crippen molar-refractivity contribution in [2.45, 2.75) is 6.42 Å². The summed E-state index contributed by atoms with van der Waals surface area (Å²) in [7, 11) is 0. The zero-order valence-corrected chi connectivity index (χ0v) is 10.2. The molecule has 0 bridgehead atoms. The van der Waals surface area contributed by atoms with Crippen LogP contribution in [0.1, 0.15) is 6.42 Å². The molecule has 0 saturated carbocycles. The Morgan fingerprint density at radius 2 is 2.22 bits per heavy atom. The minimum absolute atomic E-state index is 0.886. The molecule has 0 radical (unpaired) electrons. The van der Waals surface area contributed by atoms with Gasteiger partial charge in [-0.05, 0) is 19.0 Å². The number of rotatable bonds is 3. The summed E-state index contributed by atoms with van der Waals surface area (Å²) >= 11 is 0. The highest BCUT2D eigenvalue weighted by molar-refractivity contribution is 5.90. The third-order valence-corrected chi connectivity index (χ3v) is 3.21. The van der Waals surface area contributed by atoms with Gasteiger partial charge in [0.15, 0.2) is 0 Å². The zero-order chi connectivity index (χ0) is 12.2. The predicted octanol–water partition coefficient (Wildman–Crippen LogP) is 1.96. The minimum atomic E-state index is 0.886. The Hall–Kier alpha value is -1.94. The van der Waals surface area contributed by atoms with Gasteiger partial charge in [-0.25, -0.2) is 0 Å². The van der Waals surface area contributed by atoms with E-state index in [0.717, 1.165) is 42.6 Å². The Labute approximate surface area is 106 Å². The lowest BCUT2D eigenvalue weighted by atomic mass is 10.1. The maximum absolute atomic E-state index is 4.12. The number of hydrogen-bond acceptors (Lipinski definition) is 4. The third kappa shape index (κ3) is 2.33. The molecule has 0 aliphatic carbocycles. The number of hydrogen-bond donors (Lipinski definition) is 2. The first-order chi connectivity index (χ1) is 8.93. The molecule has 0 fully saturated rings. The smallest absolute Gasteiger partial charge is 0.0950 e. The average Bonchev–Trinajstić information content (AvgIpc) is 2.46. The molecule has 4 heteroatoms. The summed E-state index contributed by atoms with van der Waals surface area (Å²) in [5.74, 6) is 0. The van der Waals surface area contributed by atoms with Crippen LogP contribution >= 0.6 is 0 Å². The van der Waals surface area contributed by atoms with E-state index in [-0.39, 0.29) is 0 Å². The van der Waals surface area contributed by atoms with E-state index >= 15 is 0 Å². The molecule has 3 rings (SSSR count). The first kappa shape index (κ1) is 11.2. The van der Waals surface area contributed by atoms with Gasteiger partial charge in [-0.1, -0.05) is 29.8 Å². The Morgan fingerprint density at radius 1 is 1.28 bits per heavy atom. The van der Waals surface area contributed by atoms with E-state index in [0.29, 0.717) is 0 Å².